The van der Waals surface area contributed by atoms with Crippen molar-refractivity contribution < 1.29 is 0 Å². The third-order valence-corrected chi connectivity index (χ3v) is 4.29. The molecule has 0 amide bonds. The molecule has 0 saturated heterocycles. The van der Waals surface area contributed by atoms with Crippen LogP contribution in [0.25, 0.3) is 0 Å². The molecule has 76 valence electrons. The Bertz CT molecular complexity index is 327. The average molecular weight is 272 g/mol. The SMILES string of the molecule is NCC1CCSc2ccc(Br)cc2C1. The fourth-order valence-corrected chi connectivity index (χ4v) is 3.37. The summed E-state index contributed by atoms with van der Waals surface area (Å²) in [4.78, 5) is 1.43. The summed E-state index contributed by atoms with van der Waals surface area (Å²) in [5.41, 5.74) is 7.20. The van der Waals surface area contributed by atoms with Gasteiger partial charge in [0.2, 0.25) is 0 Å². The maximum absolute atomic E-state index is 5.75. The van der Waals surface area contributed by atoms with Crippen molar-refractivity contribution in [3.8, 4) is 0 Å². The molecule has 14 heavy (non-hydrogen) atoms. The lowest BCUT2D eigenvalue weighted by Crippen LogP contribution is -2.16. The Labute approximate surface area is 97.6 Å². The first-order valence-corrected chi connectivity index (χ1v) is 6.68. The number of fused-ring (bicyclic) bond motifs is 1. The van der Waals surface area contributed by atoms with Crippen molar-refractivity contribution in [2.24, 2.45) is 11.7 Å². The lowest BCUT2D eigenvalue weighted by atomic mass is 9.97. The molecule has 1 atom stereocenters. The minimum atomic E-state index is 0.665. The number of benzene rings is 1. The summed E-state index contributed by atoms with van der Waals surface area (Å²) in [5, 5.41) is 0. The van der Waals surface area contributed by atoms with Crippen LogP contribution in [0.1, 0.15) is 12.0 Å². The standard InChI is InChI=1S/C11H14BrNS/c12-10-1-2-11-9(6-10)5-8(7-13)3-4-14-11/h1-2,6,8H,3-5,7,13H2. The van der Waals surface area contributed by atoms with Crippen LogP contribution in [0.15, 0.2) is 27.6 Å². The highest BCUT2D eigenvalue weighted by Crippen LogP contribution is 2.32. The molecule has 1 aromatic rings. The van der Waals surface area contributed by atoms with Gasteiger partial charge < -0.3 is 5.73 Å². The van der Waals surface area contributed by atoms with Crippen LogP contribution in [0.3, 0.4) is 0 Å². The Morgan fingerprint density at radius 3 is 3.14 bits per heavy atom. The van der Waals surface area contributed by atoms with E-state index in [-0.39, 0.29) is 0 Å². The molecule has 0 spiro atoms. The predicted octanol–water partition coefficient (Wildman–Crippen LogP) is 3.06. The average Bonchev–Trinajstić information content (AvgIpc) is 2.38. The van der Waals surface area contributed by atoms with E-state index in [2.05, 4.69) is 34.1 Å². The highest BCUT2D eigenvalue weighted by Gasteiger charge is 2.15. The van der Waals surface area contributed by atoms with Crippen molar-refractivity contribution in [2.75, 3.05) is 12.3 Å². The van der Waals surface area contributed by atoms with Crippen LogP contribution >= 0.6 is 27.7 Å². The number of hydrogen-bond donors (Lipinski definition) is 1. The number of nitrogens with two attached hydrogens (primary N) is 1. The molecular weight excluding hydrogens is 258 g/mol. The number of rotatable bonds is 1. The van der Waals surface area contributed by atoms with Gasteiger partial charge in [-0.25, -0.2) is 0 Å². The molecule has 1 heterocycles. The number of thioether (sulfide) groups is 1. The summed E-state index contributed by atoms with van der Waals surface area (Å²) in [6.45, 7) is 0.812. The molecule has 1 unspecified atom stereocenters. The van der Waals surface area contributed by atoms with Crippen molar-refractivity contribution >= 4 is 27.7 Å². The zero-order chi connectivity index (χ0) is 9.97. The topological polar surface area (TPSA) is 26.0 Å². The first-order valence-electron chi connectivity index (χ1n) is 4.91. The van der Waals surface area contributed by atoms with Crippen LogP contribution in [-0.2, 0) is 6.42 Å². The van der Waals surface area contributed by atoms with E-state index in [9.17, 15) is 0 Å². The number of halogens is 1. The van der Waals surface area contributed by atoms with E-state index < -0.39 is 0 Å². The molecule has 0 saturated carbocycles. The minimum Gasteiger partial charge on any atom is -0.330 e. The Morgan fingerprint density at radius 1 is 1.50 bits per heavy atom. The zero-order valence-electron chi connectivity index (χ0n) is 8.00. The van der Waals surface area contributed by atoms with Crippen LogP contribution < -0.4 is 5.73 Å². The Morgan fingerprint density at radius 2 is 2.36 bits per heavy atom. The molecule has 1 nitrogen and oxygen atoms in total. The van der Waals surface area contributed by atoms with Crippen molar-refractivity contribution in [2.45, 2.75) is 17.7 Å². The molecule has 2 N–H and O–H groups in total. The van der Waals surface area contributed by atoms with E-state index in [4.69, 9.17) is 5.73 Å². The maximum Gasteiger partial charge on any atom is 0.0178 e. The van der Waals surface area contributed by atoms with Crippen molar-refractivity contribution in [1.82, 2.24) is 0 Å². The van der Waals surface area contributed by atoms with Crippen LogP contribution in [-0.4, -0.2) is 12.3 Å². The van der Waals surface area contributed by atoms with Gasteiger partial charge in [0.05, 0.1) is 0 Å². The molecule has 1 aliphatic rings. The molecule has 0 radical (unpaired) electrons. The van der Waals surface area contributed by atoms with E-state index in [1.807, 2.05) is 11.8 Å². The lowest BCUT2D eigenvalue weighted by Gasteiger charge is -2.11. The molecule has 1 aliphatic heterocycles. The Hall–Kier alpha value is 0.01000. The van der Waals surface area contributed by atoms with Gasteiger partial charge in [0, 0.05) is 9.37 Å². The fraction of sp³-hybridized carbons (Fsp3) is 0.455. The summed E-state index contributed by atoms with van der Waals surface area (Å²) in [6, 6.07) is 6.56. The summed E-state index contributed by atoms with van der Waals surface area (Å²) >= 11 is 5.48. The zero-order valence-corrected chi connectivity index (χ0v) is 10.4. The predicted molar refractivity (Wildman–Crippen MR) is 65.7 cm³/mol. The van der Waals surface area contributed by atoms with Gasteiger partial charge in [0.15, 0.2) is 0 Å². The van der Waals surface area contributed by atoms with Gasteiger partial charge in [-0.3, -0.25) is 0 Å². The normalized spacial score (nSPS) is 21.4. The second-order valence-electron chi connectivity index (χ2n) is 3.70. The van der Waals surface area contributed by atoms with Gasteiger partial charge in [-0.2, -0.15) is 0 Å². The van der Waals surface area contributed by atoms with Crippen molar-refractivity contribution in [3.63, 3.8) is 0 Å². The third kappa shape index (κ3) is 2.33. The minimum absolute atomic E-state index is 0.665. The van der Waals surface area contributed by atoms with E-state index in [0.717, 1.165) is 13.0 Å². The molecule has 0 bridgehead atoms. The Kier molecular flexibility index (Phi) is 3.52. The second-order valence-corrected chi connectivity index (χ2v) is 5.75. The third-order valence-electron chi connectivity index (χ3n) is 2.65. The molecular formula is C11H14BrNS. The summed E-state index contributed by atoms with van der Waals surface area (Å²) in [7, 11) is 0. The highest BCUT2D eigenvalue weighted by atomic mass is 79.9. The van der Waals surface area contributed by atoms with E-state index >= 15 is 0 Å². The van der Waals surface area contributed by atoms with Gasteiger partial charge in [-0.15, -0.1) is 11.8 Å². The molecule has 0 aliphatic carbocycles. The quantitative estimate of drug-likeness (QED) is 0.850. The largest absolute Gasteiger partial charge is 0.330 e. The smallest absolute Gasteiger partial charge is 0.0178 e. The highest BCUT2D eigenvalue weighted by molar-refractivity contribution is 9.10. The van der Waals surface area contributed by atoms with Gasteiger partial charge in [0.25, 0.3) is 0 Å². The summed E-state index contributed by atoms with van der Waals surface area (Å²) in [6.07, 6.45) is 2.38. The molecule has 0 fully saturated rings. The van der Waals surface area contributed by atoms with E-state index in [1.54, 1.807) is 0 Å². The van der Waals surface area contributed by atoms with Crippen molar-refractivity contribution in [3.05, 3.63) is 28.2 Å². The lowest BCUT2D eigenvalue weighted by molar-refractivity contribution is 0.524. The van der Waals surface area contributed by atoms with Crippen LogP contribution in [0, 0.1) is 5.92 Å². The summed E-state index contributed by atoms with van der Waals surface area (Å²) < 4.78 is 1.18. The summed E-state index contributed by atoms with van der Waals surface area (Å²) in [5.74, 6) is 1.87. The Balaban J connectivity index is 2.28. The molecule has 1 aromatic carbocycles. The number of hydrogen-bond acceptors (Lipinski definition) is 2. The molecule has 3 heteroatoms. The van der Waals surface area contributed by atoms with E-state index in [1.165, 1.54) is 27.1 Å². The first-order chi connectivity index (χ1) is 6.79. The van der Waals surface area contributed by atoms with Crippen LogP contribution in [0.2, 0.25) is 0 Å². The molecule has 0 aromatic heterocycles. The first kappa shape index (κ1) is 10.5. The monoisotopic (exact) mass is 271 g/mol. The van der Waals surface area contributed by atoms with Gasteiger partial charge in [0.1, 0.15) is 0 Å². The van der Waals surface area contributed by atoms with E-state index in [0.29, 0.717) is 5.92 Å². The van der Waals surface area contributed by atoms with Gasteiger partial charge in [-0.05, 0) is 54.8 Å². The van der Waals surface area contributed by atoms with Crippen LogP contribution in [0.5, 0.6) is 0 Å². The van der Waals surface area contributed by atoms with Crippen LogP contribution in [0.4, 0.5) is 0 Å². The molecule has 2 rings (SSSR count). The van der Waals surface area contributed by atoms with Crippen molar-refractivity contribution in [1.29, 1.82) is 0 Å². The second kappa shape index (κ2) is 4.69. The fourth-order valence-electron chi connectivity index (χ4n) is 1.80. The maximum atomic E-state index is 5.75. The van der Waals surface area contributed by atoms with Gasteiger partial charge >= 0.3 is 0 Å². The van der Waals surface area contributed by atoms with Gasteiger partial charge in [-0.1, -0.05) is 15.9 Å².